The molecule has 0 aliphatic carbocycles. The molecule has 0 aromatic heterocycles. The average Bonchev–Trinajstić information content (AvgIpc) is 2.22. The van der Waals surface area contributed by atoms with E-state index < -0.39 is 0 Å². The van der Waals surface area contributed by atoms with Crippen LogP contribution in [0.15, 0.2) is 22.7 Å². The molecule has 0 radical (unpaired) electrons. The molecule has 0 spiro atoms. The standard InChI is InChI=1S/C13H21BrN2/c1-5-16(10(2)3)12-7-6-11(9-15-4)13(14)8-12/h6-8,10,15H,5,9H2,1-4H3. The lowest BCUT2D eigenvalue weighted by Crippen LogP contribution is -2.30. The van der Waals surface area contributed by atoms with Gasteiger partial charge in [0.2, 0.25) is 0 Å². The van der Waals surface area contributed by atoms with Crippen molar-refractivity contribution in [2.75, 3.05) is 18.5 Å². The van der Waals surface area contributed by atoms with E-state index in [-0.39, 0.29) is 0 Å². The van der Waals surface area contributed by atoms with Gasteiger partial charge in [0.25, 0.3) is 0 Å². The second kappa shape index (κ2) is 6.26. The van der Waals surface area contributed by atoms with E-state index in [1.807, 2.05) is 7.05 Å². The lowest BCUT2D eigenvalue weighted by atomic mass is 10.1. The second-order valence-corrected chi connectivity index (χ2v) is 5.04. The fourth-order valence-corrected chi connectivity index (χ4v) is 2.40. The van der Waals surface area contributed by atoms with Crippen LogP contribution in [0.3, 0.4) is 0 Å². The predicted octanol–water partition coefficient (Wildman–Crippen LogP) is 3.40. The van der Waals surface area contributed by atoms with Crippen molar-refractivity contribution >= 4 is 21.6 Å². The molecule has 0 fully saturated rings. The molecule has 0 atom stereocenters. The monoisotopic (exact) mass is 284 g/mol. The Bertz CT molecular complexity index is 337. The first-order chi connectivity index (χ1) is 7.60. The van der Waals surface area contributed by atoms with Crippen molar-refractivity contribution in [3.63, 3.8) is 0 Å². The molecule has 1 aromatic carbocycles. The molecular formula is C13H21BrN2. The van der Waals surface area contributed by atoms with Crippen LogP contribution in [-0.2, 0) is 6.54 Å². The number of nitrogens with one attached hydrogen (secondary N) is 1. The maximum Gasteiger partial charge on any atom is 0.0379 e. The quantitative estimate of drug-likeness (QED) is 0.892. The third-order valence-corrected chi connectivity index (χ3v) is 3.44. The molecule has 0 bridgehead atoms. The van der Waals surface area contributed by atoms with Crippen molar-refractivity contribution < 1.29 is 0 Å². The van der Waals surface area contributed by atoms with Gasteiger partial charge in [-0.15, -0.1) is 0 Å². The lowest BCUT2D eigenvalue weighted by Gasteiger charge is -2.28. The summed E-state index contributed by atoms with van der Waals surface area (Å²) in [6.45, 7) is 8.57. The summed E-state index contributed by atoms with van der Waals surface area (Å²) in [5, 5.41) is 3.17. The first-order valence-corrected chi connectivity index (χ1v) is 6.59. The number of rotatable bonds is 5. The zero-order valence-electron chi connectivity index (χ0n) is 10.5. The van der Waals surface area contributed by atoms with E-state index >= 15 is 0 Å². The van der Waals surface area contributed by atoms with Crippen LogP contribution in [0.1, 0.15) is 26.3 Å². The van der Waals surface area contributed by atoms with Crippen molar-refractivity contribution in [3.05, 3.63) is 28.2 Å². The van der Waals surface area contributed by atoms with Gasteiger partial charge < -0.3 is 10.2 Å². The highest BCUT2D eigenvalue weighted by Crippen LogP contribution is 2.25. The lowest BCUT2D eigenvalue weighted by molar-refractivity contribution is 0.703. The molecule has 2 nitrogen and oxygen atoms in total. The molecule has 16 heavy (non-hydrogen) atoms. The van der Waals surface area contributed by atoms with E-state index in [1.54, 1.807) is 0 Å². The molecule has 0 saturated heterocycles. The molecular weight excluding hydrogens is 264 g/mol. The summed E-state index contributed by atoms with van der Waals surface area (Å²) in [5.74, 6) is 0. The summed E-state index contributed by atoms with van der Waals surface area (Å²) in [7, 11) is 1.97. The average molecular weight is 285 g/mol. The highest BCUT2D eigenvalue weighted by atomic mass is 79.9. The number of nitrogens with zero attached hydrogens (tertiary/aromatic N) is 1. The van der Waals surface area contributed by atoms with Gasteiger partial charge in [0.1, 0.15) is 0 Å². The van der Waals surface area contributed by atoms with E-state index in [1.165, 1.54) is 15.7 Å². The molecule has 1 N–H and O–H groups in total. The van der Waals surface area contributed by atoms with Gasteiger partial charge in [-0.2, -0.15) is 0 Å². The van der Waals surface area contributed by atoms with Gasteiger partial charge in [0, 0.05) is 29.3 Å². The topological polar surface area (TPSA) is 15.3 Å². The molecule has 0 unspecified atom stereocenters. The van der Waals surface area contributed by atoms with Crippen LogP contribution in [0, 0.1) is 0 Å². The molecule has 0 aliphatic heterocycles. The third-order valence-electron chi connectivity index (χ3n) is 2.70. The Morgan fingerprint density at radius 2 is 2.06 bits per heavy atom. The van der Waals surface area contributed by atoms with Gasteiger partial charge >= 0.3 is 0 Å². The van der Waals surface area contributed by atoms with Crippen molar-refractivity contribution in [2.45, 2.75) is 33.4 Å². The number of halogens is 1. The SMILES string of the molecule is CCN(c1ccc(CNC)c(Br)c1)C(C)C. The Morgan fingerprint density at radius 1 is 1.38 bits per heavy atom. The first-order valence-electron chi connectivity index (χ1n) is 5.79. The number of hydrogen-bond donors (Lipinski definition) is 1. The highest BCUT2D eigenvalue weighted by Gasteiger charge is 2.09. The van der Waals surface area contributed by atoms with Crippen LogP contribution in [-0.4, -0.2) is 19.6 Å². The third kappa shape index (κ3) is 3.22. The molecule has 0 saturated carbocycles. The van der Waals surface area contributed by atoms with Crippen LogP contribution >= 0.6 is 15.9 Å². The van der Waals surface area contributed by atoms with Crippen LogP contribution in [0.25, 0.3) is 0 Å². The Hall–Kier alpha value is -0.540. The smallest absolute Gasteiger partial charge is 0.0379 e. The van der Waals surface area contributed by atoms with Crippen molar-refractivity contribution in [1.29, 1.82) is 0 Å². The van der Waals surface area contributed by atoms with Crippen LogP contribution in [0.4, 0.5) is 5.69 Å². The number of hydrogen-bond acceptors (Lipinski definition) is 2. The maximum absolute atomic E-state index is 3.63. The zero-order valence-corrected chi connectivity index (χ0v) is 12.1. The fourth-order valence-electron chi connectivity index (χ4n) is 1.89. The van der Waals surface area contributed by atoms with Gasteiger partial charge in [0.15, 0.2) is 0 Å². The van der Waals surface area contributed by atoms with Crippen LogP contribution < -0.4 is 10.2 Å². The van der Waals surface area contributed by atoms with Gasteiger partial charge in [0.05, 0.1) is 0 Å². The zero-order chi connectivity index (χ0) is 12.1. The Labute approximate surface area is 107 Å². The van der Waals surface area contributed by atoms with E-state index in [0.29, 0.717) is 6.04 Å². The summed E-state index contributed by atoms with van der Waals surface area (Å²) in [6.07, 6.45) is 0. The normalized spacial score (nSPS) is 10.9. The fraction of sp³-hybridized carbons (Fsp3) is 0.538. The maximum atomic E-state index is 3.63. The van der Waals surface area contributed by atoms with Gasteiger partial charge in [-0.05, 0) is 45.5 Å². The predicted molar refractivity (Wildman–Crippen MR) is 75.1 cm³/mol. The minimum Gasteiger partial charge on any atom is -0.369 e. The minimum absolute atomic E-state index is 0.534. The number of benzene rings is 1. The van der Waals surface area contributed by atoms with E-state index in [9.17, 15) is 0 Å². The van der Waals surface area contributed by atoms with Gasteiger partial charge in [-0.3, -0.25) is 0 Å². The van der Waals surface area contributed by atoms with E-state index in [0.717, 1.165) is 13.1 Å². The summed E-state index contributed by atoms with van der Waals surface area (Å²) in [5.41, 5.74) is 2.58. The highest BCUT2D eigenvalue weighted by molar-refractivity contribution is 9.10. The van der Waals surface area contributed by atoms with Crippen LogP contribution in [0.5, 0.6) is 0 Å². The summed E-state index contributed by atoms with van der Waals surface area (Å²) in [6, 6.07) is 7.12. The second-order valence-electron chi connectivity index (χ2n) is 4.19. The molecule has 1 aromatic rings. The van der Waals surface area contributed by atoms with Crippen molar-refractivity contribution in [3.8, 4) is 0 Å². The molecule has 90 valence electrons. The summed E-state index contributed by atoms with van der Waals surface area (Å²) < 4.78 is 1.18. The van der Waals surface area contributed by atoms with E-state index in [4.69, 9.17) is 0 Å². The molecule has 0 aliphatic rings. The van der Waals surface area contributed by atoms with Crippen molar-refractivity contribution in [1.82, 2.24) is 5.32 Å². The Balaban J connectivity index is 2.95. The van der Waals surface area contributed by atoms with Gasteiger partial charge in [-0.25, -0.2) is 0 Å². The van der Waals surface area contributed by atoms with E-state index in [2.05, 4.69) is 65.1 Å². The summed E-state index contributed by atoms with van der Waals surface area (Å²) >= 11 is 3.63. The molecule has 3 heteroatoms. The van der Waals surface area contributed by atoms with Crippen molar-refractivity contribution in [2.24, 2.45) is 0 Å². The molecule has 0 heterocycles. The largest absolute Gasteiger partial charge is 0.369 e. The van der Waals surface area contributed by atoms with Gasteiger partial charge in [-0.1, -0.05) is 22.0 Å². The Kier molecular flexibility index (Phi) is 5.29. The Morgan fingerprint density at radius 3 is 2.50 bits per heavy atom. The molecule has 0 amide bonds. The molecule has 1 rings (SSSR count). The number of anilines is 1. The minimum atomic E-state index is 0.534. The first kappa shape index (κ1) is 13.5. The van der Waals surface area contributed by atoms with Crippen LogP contribution in [0.2, 0.25) is 0 Å². The summed E-state index contributed by atoms with van der Waals surface area (Å²) in [4.78, 5) is 2.38.